The number of methoxy groups -OCH3 is 2. The van der Waals surface area contributed by atoms with Gasteiger partial charge in [0.1, 0.15) is 5.00 Å². The van der Waals surface area contributed by atoms with Gasteiger partial charge in [0, 0.05) is 17.3 Å². The van der Waals surface area contributed by atoms with Crippen LogP contribution in [-0.4, -0.2) is 25.1 Å². The molecular weight excluding hydrogens is 350 g/mol. The monoisotopic (exact) mass is 369 g/mol. The maximum absolute atomic E-state index is 12.4. The van der Waals surface area contributed by atoms with Gasteiger partial charge < -0.3 is 20.5 Å². The van der Waals surface area contributed by atoms with Crippen LogP contribution in [0, 0.1) is 0 Å². The molecule has 7 heteroatoms. The molecule has 0 spiro atoms. The van der Waals surface area contributed by atoms with Gasteiger partial charge >= 0.3 is 0 Å². The molecule has 0 saturated carbocycles. The lowest BCUT2D eigenvalue weighted by atomic mass is 10.1. The maximum atomic E-state index is 12.4. The Hall–Kier alpha value is -3.06. The molecule has 0 aliphatic rings. The third kappa shape index (κ3) is 3.94. The van der Waals surface area contributed by atoms with Gasteiger partial charge in [-0.3, -0.25) is 9.78 Å². The molecule has 0 aliphatic carbocycles. The Morgan fingerprint density at radius 3 is 2.54 bits per heavy atom. The van der Waals surface area contributed by atoms with E-state index in [4.69, 9.17) is 15.2 Å². The minimum Gasteiger partial charge on any atom is -0.493 e. The lowest BCUT2D eigenvalue weighted by Gasteiger charge is -2.09. The van der Waals surface area contributed by atoms with Gasteiger partial charge in [0.25, 0.3) is 0 Å². The fourth-order valence-electron chi connectivity index (χ4n) is 2.51. The summed E-state index contributed by atoms with van der Waals surface area (Å²) in [5.41, 5.74) is 8.43. The van der Waals surface area contributed by atoms with Crippen LogP contribution in [0.1, 0.15) is 5.56 Å². The van der Waals surface area contributed by atoms with E-state index < -0.39 is 0 Å². The number of hydrogen-bond donors (Lipinski definition) is 2. The predicted molar refractivity (Wildman–Crippen MR) is 104 cm³/mol. The molecule has 2 aromatic heterocycles. The van der Waals surface area contributed by atoms with Crippen molar-refractivity contribution in [2.24, 2.45) is 0 Å². The summed E-state index contributed by atoms with van der Waals surface area (Å²) in [5.74, 6) is 1.07. The van der Waals surface area contributed by atoms with E-state index >= 15 is 0 Å². The van der Waals surface area contributed by atoms with Crippen LogP contribution in [0.4, 0.5) is 10.7 Å². The molecule has 1 aromatic carbocycles. The second-order valence-electron chi connectivity index (χ2n) is 5.55. The van der Waals surface area contributed by atoms with E-state index in [9.17, 15) is 4.79 Å². The smallest absolute Gasteiger partial charge is 0.229 e. The summed E-state index contributed by atoms with van der Waals surface area (Å²) >= 11 is 1.44. The fourth-order valence-corrected chi connectivity index (χ4v) is 3.51. The molecule has 1 amide bonds. The fraction of sp³-hybridized carbons (Fsp3) is 0.158. The van der Waals surface area contributed by atoms with Crippen molar-refractivity contribution >= 4 is 27.9 Å². The van der Waals surface area contributed by atoms with E-state index in [-0.39, 0.29) is 12.3 Å². The number of aromatic nitrogens is 1. The summed E-state index contributed by atoms with van der Waals surface area (Å²) in [5, 5.41) is 3.52. The average molecular weight is 369 g/mol. The molecule has 3 N–H and O–H groups in total. The van der Waals surface area contributed by atoms with Crippen molar-refractivity contribution in [2.45, 2.75) is 6.42 Å². The van der Waals surface area contributed by atoms with Crippen molar-refractivity contribution in [3.63, 3.8) is 0 Å². The Morgan fingerprint density at radius 2 is 1.85 bits per heavy atom. The van der Waals surface area contributed by atoms with E-state index in [1.54, 1.807) is 38.7 Å². The molecule has 6 nitrogen and oxygen atoms in total. The molecule has 0 saturated heterocycles. The highest BCUT2D eigenvalue weighted by molar-refractivity contribution is 7.20. The van der Waals surface area contributed by atoms with Gasteiger partial charge in [0.15, 0.2) is 11.5 Å². The molecule has 26 heavy (non-hydrogen) atoms. The lowest BCUT2D eigenvalue weighted by molar-refractivity contribution is -0.115. The highest BCUT2D eigenvalue weighted by Gasteiger charge is 2.13. The van der Waals surface area contributed by atoms with Crippen LogP contribution in [0.15, 0.2) is 48.8 Å². The zero-order valence-electron chi connectivity index (χ0n) is 14.5. The Kier molecular flexibility index (Phi) is 5.38. The first-order valence-electron chi connectivity index (χ1n) is 7.91. The van der Waals surface area contributed by atoms with Crippen LogP contribution < -0.4 is 20.5 Å². The number of rotatable bonds is 6. The summed E-state index contributed by atoms with van der Waals surface area (Å²) in [6.45, 7) is 0. The van der Waals surface area contributed by atoms with E-state index in [0.29, 0.717) is 22.2 Å². The summed E-state index contributed by atoms with van der Waals surface area (Å²) in [6.07, 6.45) is 3.66. The number of nitrogen functional groups attached to an aromatic ring is 1. The van der Waals surface area contributed by atoms with E-state index in [0.717, 1.165) is 16.0 Å². The van der Waals surface area contributed by atoms with Crippen LogP contribution >= 0.6 is 11.3 Å². The quantitative estimate of drug-likeness (QED) is 0.693. The average Bonchev–Trinajstić information content (AvgIpc) is 3.02. The van der Waals surface area contributed by atoms with Crippen molar-refractivity contribution in [3.8, 4) is 21.9 Å². The number of amides is 1. The van der Waals surface area contributed by atoms with Gasteiger partial charge in [0.05, 0.1) is 26.3 Å². The predicted octanol–water partition coefficient (Wildman–Crippen LogP) is 3.59. The molecule has 0 fully saturated rings. The summed E-state index contributed by atoms with van der Waals surface area (Å²) < 4.78 is 10.5. The number of hydrogen-bond acceptors (Lipinski definition) is 6. The first-order chi connectivity index (χ1) is 12.6. The third-order valence-electron chi connectivity index (χ3n) is 3.79. The Balaban J connectivity index is 1.72. The molecule has 0 aliphatic heterocycles. The second kappa shape index (κ2) is 7.88. The number of nitrogens with zero attached hydrogens (tertiary/aromatic N) is 1. The second-order valence-corrected chi connectivity index (χ2v) is 6.60. The molecular formula is C19H19N3O3S. The van der Waals surface area contributed by atoms with Crippen molar-refractivity contribution in [3.05, 3.63) is 54.4 Å². The van der Waals surface area contributed by atoms with E-state index in [2.05, 4.69) is 10.3 Å². The lowest BCUT2D eigenvalue weighted by Crippen LogP contribution is -2.14. The van der Waals surface area contributed by atoms with Crippen molar-refractivity contribution < 1.29 is 14.3 Å². The van der Waals surface area contributed by atoms with Crippen LogP contribution in [0.2, 0.25) is 0 Å². The van der Waals surface area contributed by atoms with Gasteiger partial charge in [-0.2, -0.15) is 0 Å². The third-order valence-corrected chi connectivity index (χ3v) is 4.91. The number of nitrogens with one attached hydrogen (secondary N) is 1. The number of carbonyl (C=O) groups excluding carboxylic acids is 1. The van der Waals surface area contributed by atoms with Crippen molar-refractivity contribution in [2.75, 3.05) is 25.3 Å². The number of ether oxygens (including phenoxy) is 2. The normalized spacial score (nSPS) is 10.4. The summed E-state index contributed by atoms with van der Waals surface area (Å²) in [7, 11) is 3.14. The van der Waals surface area contributed by atoms with Crippen LogP contribution in [0.3, 0.4) is 0 Å². The number of carbonyl (C=O) groups is 1. The molecule has 0 atom stereocenters. The van der Waals surface area contributed by atoms with Gasteiger partial charge in [-0.25, -0.2) is 0 Å². The maximum Gasteiger partial charge on any atom is 0.229 e. The first kappa shape index (κ1) is 17.8. The number of pyridine rings is 1. The number of benzene rings is 1. The molecule has 3 aromatic rings. The van der Waals surface area contributed by atoms with Crippen LogP contribution in [0.5, 0.6) is 11.5 Å². The largest absolute Gasteiger partial charge is 0.493 e. The topological polar surface area (TPSA) is 86.5 Å². The zero-order chi connectivity index (χ0) is 18.5. The molecule has 0 bridgehead atoms. The number of anilines is 2. The molecule has 0 unspecified atom stereocenters. The summed E-state index contributed by atoms with van der Waals surface area (Å²) in [4.78, 5) is 17.4. The first-order valence-corrected chi connectivity index (χ1v) is 8.73. The Morgan fingerprint density at radius 1 is 1.12 bits per heavy atom. The van der Waals surface area contributed by atoms with Gasteiger partial charge in [0.2, 0.25) is 5.91 Å². The molecule has 134 valence electrons. The molecule has 0 radical (unpaired) electrons. The minimum atomic E-state index is -0.146. The number of thiophene rings is 1. The Bertz CT molecular complexity index is 910. The van der Waals surface area contributed by atoms with E-state index in [1.807, 2.05) is 24.3 Å². The molecule has 3 rings (SSSR count). The summed E-state index contributed by atoms with van der Waals surface area (Å²) in [6, 6.07) is 11.1. The SMILES string of the molecule is COc1ccc(CC(=O)Nc2sc(-c3ccncc3)cc2N)cc1OC. The van der Waals surface area contributed by atoms with Gasteiger partial charge in [-0.15, -0.1) is 11.3 Å². The van der Waals surface area contributed by atoms with Crippen molar-refractivity contribution in [1.82, 2.24) is 4.98 Å². The van der Waals surface area contributed by atoms with Crippen molar-refractivity contribution in [1.29, 1.82) is 0 Å². The zero-order valence-corrected chi connectivity index (χ0v) is 15.3. The number of nitrogens with two attached hydrogens (primary N) is 1. The highest BCUT2D eigenvalue weighted by Crippen LogP contribution is 2.37. The molecule has 2 heterocycles. The van der Waals surface area contributed by atoms with Gasteiger partial charge in [-0.1, -0.05) is 6.07 Å². The Labute approximate surface area is 155 Å². The highest BCUT2D eigenvalue weighted by atomic mass is 32.1. The van der Waals surface area contributed by atoms with Crippen LogP contribution in [-0.2, 0) is 11.2 Å². The standard InChI is InChI=1S/C19H19N3O3S/c1-24-15-4-3-12(9-16(15)25-2)10-18(23)22-19-14(20)11-17(26-19)13-5-7-21-8-6-13/h3-9,11H,10,20H2,1-2H3,(H,22,23). The minimum absolute atomic E-state index is 0.146. The van der Waals surface area contributed by atoms with Gasteiger partial charge in [-0.05, 0) is 41.5 Å². The van der Waals surface area contributed by atoms with Crippen LogP contribution in [0.25, 0.3) is 10.4 Å². The van der Waals surface area contributed by atoms with E-state index in [1.165, 1.54) is 11.3 Å².